The first kappa shape index (κ1) is 21.8. The van der Waals surface area contributed by atoms with Gasteiger partial charge in [0.05, 0.1) is 15.8 Å². The molecule has 1 aliphatic rings. The zero-order chi connectivity index (χ0) is 21.2. The Morgan fingerprint density at radius 3 is 2.41 bits per heavy atom. The molecule has 0 aliphatic carbocycles. The molecule has 2 aromatic rings. The van der Waals surface area contributed by atoms with E-state index in [0.717, 1.165) is 16.9 Å². The number of hydrogen-bond donors (Lipinski definition) is 0. The molecule has 0 fully saturated rings. The van der Waals surface area contributed by atoms with Crippen LogP contribution in [0.15, 0.2) is 59.1 Å². The Morgan fingerprint density at radius 2 is 1.76 bits per heavy atom. The second kappa shape index (κ2) is 8.82. The molecule has 0 atom stereocenters. The third-order valence-corrected chi connectivity index (χ3v) is 6.83. The largest absolute Gasteiger partial charge is 0.457 e. The number of hydrogen-bond acceptors (Lipinski definition) is 5. The second-order valence-electron chi connectivity index (χ2n) is 7.20. The molecule has 0 bridgehead atoms. The Balaban J connectivity index is 1.59. The van der Waals surface area contributed by atoms with Crippen LogP contribution >= 0.6 is 35.0 Å². The summed E-state index contributed by atoms with van der Waals surface area (Å²) in [6.07, 6.45) is 1.56. The Hall–Kier alpha value is -1.95. The number of rotatable bonds is 6. The van der Waals surface area contributed by atoms with Crippen molar-refractivity contribution in [2.75, 3.05) is 24.3 Å². The lowest BCUT2D eigenvalue weighted by molar-refractivity contribution is -0.144. The highest BCUT2D eigenvalue weighted by Gasteiger charge is 2.38. The summed E-state index contributed by atoms with van der Waals surface area (Å²) >= 11 is 13.4. The number of allylic oxidation sites excluding steroid dienone is 1. The second-order valence-corrected chi connectivity index (χ2v) is 9.00. The van der Waals surface area contributed by atoms with Crippen LogP contribution in [0.5, 0.6) is 0 Å². The van der Waals surface area contributed by atoms with Crippen LogP contribution in [0.1, 0.15) is 19.4 Å². The fourth-order valence-corrected chi connectivity index (χ4v) is 4.88. The van der Waals surface area contributed by atoms with E-state index in [1.54, 1.807) is 24.3 Å². The standard InChI is InChI=1S/C22H21Cl2NO3S/c1-22(2)15-7-4-5-10-18(15)25(3)19(22)11-14(26)12-28-20(27)13-29-21-16(23)8-6-9-17(21)24/h4-11H,12-13H2,1-3H3. The van der Waals surface area contributed by atoms with Gasteiger partial charge in [-0.25, -0.2) is 0 Å². The number of fused-ring (bicyclic) bond motifs is 1. The topological polar surface area (TPSA) is 46.6 Å². The molecule has 0 N–H and O–H groups in total. The Bertz CT molecular complexity index is 968. The van der Waals surface area contributed by atoms with Crippen LogP contribution in [-0.4, -0.2) is 31.2 Å². The van der Waals surface area contributed by atoms with Crippen LogP contribution in [-0.2, 0) is 19.7 Å². The first-order valence-electron chi connectivity index (χ1n) is 9.02. The Labute approximate surface area is 184 Å². The highest BCUT2D eigenvalue weighted by atomic mass is 35.5. The van der Waals surface area contributed by atoms with Gasteiger partial charge in [0.2, 0.25) is 0 Å². The van der Waals surface area contributed by atoms with Gasteiger partial charge in [-0.1, -0.05) is 61.3 Å². The van der Waals surface area contributed by atoms with Gasteiger partial charge in [0.1, 0.15) is 0 Å². The van der Waals surface area contributed by atoms with Gasteiger partial charge < -0.3 is 9.64 Å². The fourth-order valence-electron chi connectivity index (χ4n) is 3.40. The minimum Gasteiger partial charge on any atom is -0.457 e. The van der Waals surface area contributed by atoms with Gasteiger partial charge in [0.25, 0.3) is 0 Å². The predicted octanol–water partition coefficient (Wildman–Crippen LogP) is 5.51. The third-order valence-electron chi connectivity index (χ3n) is 4.87. The molecule has 0 spiro atoms. The number of likely N-dealkylation sites (N-methyl/N-ethyl adjacent to an activating group) is 1. The minimum absolute atomic E-state index is 0.0180. The number of ketones is 1. The predicted molar refractivity (Wildman–Crippen MR) is 119 cm³/mol. The van der Waals surface area contributed by atoms with E-state index in [4.69, 9.17) is 27.9 Å². The van der Waals surface area contributed by atoms with E-state index in [0.29, 0.717) is 14.9 Å². The third kappa shape index (κ3) is 4.63. The summed E-state index contributed by atoms with van der Waals surface area (Å²) in [4.78, 5) is 27.1. The van der Waals surface area contributed by atoms with Gasteiger partial charge in [-0.2, -0.15) is 0 Å². The number of esters is 1. The first-order valence-corrected chi connectivity index (χ1v) is 10.8. The van der Waals surface area contributed by atoms with E-state index >= 15 is 0 Å². The lowest BCUT2D eigenvalue weighted by atomic mass is 9.83. The number of nitrogens with zero attached hydrogens (tertiary/aromatic N) is 1. The van der Waals surface area contributed by atoms with Crippen molar-refractivity contribution in [2.24, 2.45) is 0 Å². The molecule has 0 saturated carbocycles. The van der Waals surface area contributed by atoms with Crippen LogP contribution in [0.25, 0.3) is 0 Å². The average molecular weight is 450 g/mol. The van der Waals surface area contributed by atoms with Crippen LogP contribution in [0, 0.1) is 0 Å². The normalized spacial score (nSPS) is 16.0. The lowest BCUT2D eigenvalue weighted by Crippen LogP contribution is -2.25. The van der Waals surface area contributed by atoms with Crippen molar-refractivity contribution in [3.8, 4) is 0 Å². The Morgan fingerprint density at radius 1 is 1.10 bits per heavy atom. The van der Waals surface area contributed by atoms with Crippen LogP contribution < -0.4 is 4.90 Å². The summed E-state index contributed by atoms with van der Waals surface area (Å²) in [6.45, 7) is 3.84. The smallest absolute Gasteiger partial charge is 0.316 e. The molecule has 3 rings (SSSR count). The molecule has 1 heterocycles. The Kier molecular flexibility index (Phi) is 6.62. The van der Waals surface area contributed by atoms with E-state index in [9.17, 15) is 9.59 Å². The molecule has 0 radical (unpaired) electrons. The van der Waals surface area contributed by atoms with Gasteiger partial charge in [0.15, 0.2) is 12.4 Å². The maximum absolute atomic E-state index is 12.4. The van der Waals surface area contributed by atoms with E-state index in [2.05, 4.69) is 19.9 Å². The summed E-state index contributed by atoms with van der Waals surface area (Å²) in [5, 5.41) is 0.948. The van der Waals surface area contributed by atoms with E-state index in [1.807, 2.05) is 30.1 Å². The van der Waals surface area contributed by atoms with Crippen molar-refractivity contribution in [1.82, 2.24) is 0 Å². The number of thioether (sulfide) groups is 1. The SMILES string of the molecule is CN1C(=CC(=O)COC(=O)CSc2c(Cl)cccc2Cl)C(C)(C)c2ccccc21. The molecule has 29 heavy (non-hydrogen) atoms. The highest BCUT2D eigenvalue weighted by molar-refractivity contribution is 8.00. The summed E-state index contributed by atoms with van der Waals surface area (Å²) in [5.41, 5.74) is 2.80. The molecular formula is C22H21Cl2NO3S. The van der Waals surface area contributed by atoms with Gasteiger partial charge in [-0.3, -0.25) is 9.59 Å². The van der Waals surface area contributed by atoms with E-state index in [1.165, 1.54) is 11.8 Å². The van der Waals surface area contributed by atoms with Crippen LogP contribution in [0.4, 0.5) is 5.69 Å². The molecule has 7 heteroatoms. The zero-order valence-corrected chi connectivity index (χ0v) is 18.7. The van der Waals surface area contributed by atoms with Crippen molar-refractivity contribution in [3.05, 3.63) is 69.8 Å². The maximum atomic E-state index is 12.4. The van der Waals surface area contributed by atoms with Crippen molar-refractivity contribution in [3.63, 3.8) is 0 Å². The molecular weight excluding hydrogens is 429 g/mol. The molecule has 0 aromatic heterocycles. The van der Waals surface area contributed by atoms with Gasteiger partial charge in [-0.15, -0.1) is 11.8 Å². The first-order chi connectivity index (χ1) is 13.7. The monoisotopic (exact) mass is 449 g/mol. The number of benzene rings is 2. The molecule has 2 aromatic carbocycles. The zero-order valence-electron chi connectivity index (χ0n) is 16.4. The van der Waals surface area contributed by atoms with Crippen LogP contribution in [0.2, 0.25) is 10.0 Å². The summed E-state index contributed by atoms with van der Waals surface area (Å²) in [5.74, 6) is -0.744. The summed E-state index contributed by atoms with van der Waals surface area (Å²) in [6, 6.07) is 13.2. The van der Waals surface area contributed by atoms with Crippen molar-refractivity contribution < 1.29 is 14.3 Å². The molecule has 1 aliphatic heterocycles. The van der Waals surface area contributed by atoms with Crippen LogP contribution in [0.3, 0.4) is 0 Å². The number of anilines is 1. The number of ether oxygens (including phenoxy) is 1. The highest BCUT2D eigenvalue weighted by Crippen LogP contribution is 2.46. The fraction of sp³-hybridized carbons (Fsp3) is 0.273. The molecule has 152 valence electrons. The number of halogens is 2. The minimum atomic E-state index is -0.500. The number of para-hydroxylation sites is 1. The quantitative estimate of drug-likeness (QED) is 0.330. The van der Waals surface area contributed by atoms with Crippen molar-refractivity contribution in [2.45, 2.75) is 24.2 Å². The maximum Gasteiger partial charge on any atom is 0.316 e. The lowest BCUT2D eigenvalue weighted by Gasteiger charge is -2.23. The summed E-state index contributed by atoms with van der Waals surface area (Å²) < 4.78 is 5.14. The average Bonchev–Trinajstić information content (AvgIpc) is 2.87. The molecule has 0 saturated heterocycles. The van der Waals surface area contributed by atoms with Crippen molar-refractivity contribution >= 4 is 52.4 Å². The van der Waals surface area contributed by atoms with Gasteiger partial charge >= 0.3 is 5.97 Å². The molecule has 0 amide bonds. The van der Waals surface area contributed by atoms with E-state index < -0.39 is 5.97 Å². The van der Waals surface area contributed by atoms with E-state index in [-0.39, 0.29) is 23.6 Å². The van der Waals surface area contributed by atoms with Gasteiger partial charge in [0, 0.05) is 34.8 Å². The summed E-state index contributed by atoms with van der Waals surface area (Å²) in [7, 11) is 1.93. The molecule has 4 nitrogen and oxygen atoms in total. The number of carbonyl (C=O) groups excluding carboxylic acids is 2. The van der Waals surface area contributed by atoms with Gasteiger partial charge in [-0.05, 0) is 23.8 Å². The van der Waals surface area contributed by atoms with Crippen molar-refractivity contribution in [1.29, 1.82) is 0 Å². The molecule has 0 unspecified atom stereocenters. The number of carbonyl (C=O) groups is 2.